The molecule has 4 aromatic rings. The summed E-state index contributed by atoms with van der Waals surface area (Å²) in [6.45, 7) is 1.14. The van der Waals surface area contributed by atoms with Gasteiger partial charge in [0.05, 0.1) is 22.7 Å². The van der Waals surface area contributed by atoms with Gasteiger partial charge in [0.15, 0.2) is 0 Å². The fraction of sp³-hybridized carbons (Fsp3) is 0.316. The van der Waals surface area contributed by atoms with Gasteiger partial charge in [-0.3, -0.25) is 13.9 Å². The number of halogens is 3. The van der Waals surface area contributed by atoms with Crippen LogP contribution in [-0.4, -0.2) is 50.9 Å². The van der Waals surface area contributed by atoms with Crippen LogP contribution in [0.3, 0.4) is 0 Å². The average molecular weight is 757 g/mol. The second kappa shape index (κ2) is 17.0. The summed E-state index contributed by atoms with van der Waals surface area (Å²) in [4.78, 5) is 30.5. The number of benzene rings is 4. The molecule has 1 atom stereocenters. The van der Waals surface area contributed by atoms with Crippen molar-refractivity contribution < 1.29 is 22.7 Å². The zero-order valence-electron chi connectivity index (χ0n) is 27.9. The third-order valence-corrected chi connectivity index (χ3v) is 11.6. The van der Waals surface area contributed by atoms with Gasteiger partial charge in [-0.15, -0.1) is 0 Å². The van der Waals surface area contributed by atoms with Crippen molar-refractivity contribution in [2.75, 3.05) is 18.0 Å². The molecule has 12 heteroatoms. The lowest BCUT2D eigenvalue weighted by Gasteiger charge is -2.35. The van der Waals surface area contributed by atoms with Crippen LogP contribution in [-0.2, 0) is 32.6 Å². The quantitative estimate of drug-likeness (QED) is 0.148. The van der Waals surface area contributed by atoms with Gasteiger partial charge in [0.25, 0.3) is 10.0 Å². The van der Waals surface area contributed by atoms with Gasteiger partial charge in [-0.25, -0.2) is 8.42 Å². The number of methoxy groups -OCH3 is 1. The maximum absolute atomic E-state index is 14.8. The molecule has 4 aromatic carbocycles. The number of hydrogen-bond acceptors (Lipinski definition) is 5. The first-order valence-electron chi connectivity index (χ1n) is 16.5. The summed E-state index contributed by atoms with van der Waals surface area (Å²) in [5, 5.41) is 4.10. The number of amides is 2. The zero-order chi connectivity index (χ0) is 35.8. The van der Waals surface area contributed by atoms with Crippen molar-refractivity contribution in [2.45, 2.75) is 69.0 Å². The predicted octanol–water partition coefficient (Wildman–Crippen LogP) is 8.25. The van der Waals surface area contributed by atoms with Crippen molar-refractivity contribution in [2.24, 2.45) is 0 Å². The van der Waals surface area contributed by atoms with Gasteiger partial charge in [0.1, 0.15) is 18.3 Å². The molecule has 1 N–H and O–H groups in total. The minimum absolute atomic E-state index is 0.00832. The van der Waals surface area contributed by atoms with Gasteiger partial charge in [0.2, 0.25) is 11.8 Å². The van der Waals surface area contributed by atoms with Gasteiger partial charge in [-0.05, 0) is 73.4 Å². The fourth-order valence-electron chi connectivity index (χ4n) is 6.11. The van der Waals surface area contributed by atoms with Crippen LogP contribution in [0.15, 0.2) is 95.9 Å². The van der Waals surface area contributed by atoms with Crippen LogP contribution >= 0.6 is 34.8 Å². The Kier molecular flexibility index (Phi) is 12.7. The highest BCUT2D eigenvalue weighted by Crippen LogP contribution is 2.33. The minimum Gasteiger partial charge on any atom is -0.495 e. The largest absolute Gasteiger partial charge is 0.495 e. The van der Waals surface area contributed by atoms with Crippen LogP contribution in [0.2, 0.25) is 15.1 Å². The van der Waals surface area contributed by atoms with Gasteiger partial charge in [0, 0.05) is 29.1 Å². The molecule has 1 saturated carbocycles. The van der Waals surface area contributed by atoms with E-state index in [1.54, 1.807) is 36.4 Å². The Labute approximate surface area is 309 Å². The number of hydrogen-bond donors (Lipinski definition) is 1. The van der Waals surface area contributed by atoms with Crippen molar-refractivity contribution in [1.82, 2.24) is 10.2 Å². The van der Waals surface area contributed by atoms with E-state index < -0.39 is 28.5 Å². The van der Waals surface area contributed by atoms with Crippen molar-refractivity contribution in [3.63, 3.8) is 0 Å². The maximum Gasteiger partial charge on any atom is 0.264 e. The maximum atomic E-state index is 14.8. The van der Waals surface area contributed by atoms with Crippen molar-refractivity contribution >= 4 is 62.3 Å². The summed E-state index contributed by atoms with van der Waals surface area (Å²) in [6.07, 6.45) is 5.01. The number of aryl methyl sites for hydroxylation is 1. The van der Waals surface area contributed by atoms with Gasteiger partial charge < -0.3 is 15.0 Å². The normalized spacial score (nSPS) is 14.1. The number of carbonyl (C=O) groups excluding carboxylic acids is 2. The fourth-order valence-corrected chi connectivity index (χ4v) is 8.23. The lowest BCUT2D eigenvalue weighted by molar-refractivity contribution is -0.140. The first kappa shape index (κ1) is 37.5. The average Bonchev–Trinajstić information content (AvgIpc) is 3.10. The third kappa shape index (κ3) is 9.31. The summed E-state index contributed by atoms with van der Waals surface area (Å²) in [5.41, 5.74) is 2.41. The molecule has 0 bridgehead atoms. The summed E-state index contributed by atoms with van der Waals surface area (Å²) >= 11 is 19.3. The zero-order valence-corrected chi connectivity index (χ0v) is 31.0. The van der Waals surface area contributed by atoms with E-state index in [2.05, 4.69) is 5.32 Å². The van der Waals surface area contributed by atoms with Crippen molar-refractivity contribution in [3.8, 4) is 5.75 Å². The van der Waals surface area contributed by atoms with Crippen LogP contribution in [0.1, 0.15) is 48.8 Å². The van der Waals surface area contributed by atoms with E-state index in [1.165, 1.54) is 36.3 Å². The summed E-state index contributed by atoms with van der Waals surface area (Å²) < 4.78 is 35.0. The molecule has 0 aliphatic heterocycles. The summed E-state index contributed by atoms with van der Waals surface area (Å²) in [6, 6.07) is 24.2. The molecular weight excluding hydrogens is 717 g/mol. The monoisotopic (exact) mass is 755 g/mol. The highest BCUT2D eigenvalue weighted by Gasteiger charge is 2.36. The molecule has 1 aliphatic carbocycles. The second-order valence-electron chi connectivity index (χ2n) is 12.4. The van der Waals surface area contributed by atoms with Crippen LogP contribution in [0, 0.1) is 6.92 Å². The molecule has 0 heterocycles. The molecule has 1 fully saturated rings. The molecule has 0 spiro atoms. The van der Waals surface area contributed by atoms with E-state index in [9.17, 15) is 18.0 Å². The number of nitrogens with zero attached hydrogens (tertiary/aromatic N) is 2. The molecule has 264 valence electrons. The Bertz CT molecular complexity index is 1900. The Morgan fingerprint density at radius 2 is 1.58 bits per heavy atom. The minimum atomic E-state index is -4.31. The Hall–Kier alpha value is -3.76. The van der Waals surface area contributed by atoms with Gasteiger partial charge in [-0.1, -0.05) is 108 Å². The van der Waals surface area contributed by atoms with Gasteiger partial charge in [-0.2, -0.15) is 0 Å². The molecular formula is C38H40Cl3N3O5S. The summed E-state index contributed by atoms with van der Waals surface area (Å²) in [5.74, 6) is -0.589. The smallest absolute Gasteiger partial charge is 0.264 e. The number of sulfonamides is 1. The lowest BCUT2D eigenvalue weighted by Crippen LogP contribution is -2.55. The van der Waals surface area contributed by atoms with E-state index in [-0.39, 0.29) is 40.5 Å². The van der Waals surface area contributed by atoms with E-state index >= 15 is 0 Å². The molecule has 0 unspecified atom stereocenters. The number of rotatable bonds is 13. The number of anilines is 1. The number of nitrogens with one attached hydrogen (secondary N) is 1. The molecule has 0 aromatic heterocycles. The SMILES string of the molecule is COc1ccc(N(CC(=O)N(Cc2ccc(Cl)cc2Cl)[C@H](Cc2ccccc2)C(=O)NC2CCCCC2)S(=O)(=O)c2ccc(C)cc2)cc1Cl. The Morgan fingerprint density at radius 1 is 0.880 bits per heavy atom. The van der Waals surface area contributed by atoms with E-state index in [1.807, 2.05) is 37.3 Å². The number of carbonyl (C=O) groups is 2. The van der Waals surface area contributed by atoms with E-state index in [4.69, 9.17) is 39.5 Å². The molecule has 8 nitrogen and oxygen atoms in total. The second-order valence-corrected chi connectivity index (χ2v) is 15.6. The third-order valence-electron chi connectivity index (χ3n) is 8.89. The number of ether oxygens (including phenoxy) is 1. The molecule has 0 saturated heterocycles. The molecule has 5 rings (SSSR count). The van der Waals surface area contributed by atoms with Gasteiger partial charge >= 0.3 is 0 Å². The van der Waals surface area contributed by atoms with Crippen molar-refractivity contribution in [1.29, 1.82) is 0 Å². The summed E-state index contributed by atoms with van der Waals surface area (Å²) in [7, 11) is -2.85. The Morgan fingerprint density at radius 3 is 2.22 bits per heavy atom. The molecule has 1 aliphatic rings. The first-order valence-corrected chi connectivity index (χ1v) is 19.0. The first-order chi connectivity index (χ1) is 24.0. The molecule has 2 amide bonds. The van der Waals surface area contributed by atoms with Crippen molar-refractivity contribution in [3.05, 3.63) is 123 Å². The highest BCUT2D eigenvalue weighted by molar-refractivity contribution is 7.92. The topological polar surface area (TPSA) is 96.0 Å². The van der Waals surface area contributed by atoms with Crippen LogP contribution in [0.25, 0.3) is 0 Å². The van der Waals surface area contributed by atoms with Crippen LogP contribution in [0.4, 0.5) is 5.69 Å². The molecule has 50 heavy (non-hydrogen) atoms. The predicted molar refractivity (Wildman–Crippen MR) is 200 cm³/mol. The van der Waals surface area contributed by atoms with E-state index in [0.717, 1.165) is 47.5 Å². The molecule has 0 radical (unpaired) electrons. The lowest BCUT2D eigenvalue weighted by atomic mass is 9.94. The van der Waals surface area contributed by atoms with Crippen LogP contribution < -0.4 is 14.4 Å². The standard InChI is InChI=1S/C38H40Cl3N3O5S/c1-26-13-18-32(19-14-26)50(47,48)44(31-17-20-36(49-2)34(41)23-31)25-37(45)43(24-28-15-16-29(39)22-33(28)40)35(21-27-9-5-3-6-10-27)38(46)42-30-11-7-4-8-12-30/h3,5-6,9-10,13-20,22-23,30,35H,4,7-8,11-12,21,24-25H2,1-2H3,(H,42,46)/t35-/m1/s1. The Balaban J connectivity index is 1.60. The van der Waals surface area contributed by atoms with E-state index in [0.29, 0.717) is 21.4 Å². The van der Waals surface area contributed by atoms with Crippen LogP contribution in [0.5, 0.6) is 5.75 Å². The highest BCUT2D eigenvalue weighted by atomic mass is 35.5.